The highest BCUT2D eigenvalue weighted by molar-refractivity contribution is 6.08. The van der Waals surface area contributed by atoms with Gasteiger partial charge in [0.25, 0.3) is 5.91 Å². The number of nitrogens with zero attached hydrogens (tertiary/aromatic N) is 3. The van der Waals surface area contributed by atoms with Gasteiger partial charge in [0, 0.05) is 23.3 Å². The van der Waals surface area contributed by atoms with E-state index in [1.54, 1.807) is 14.0 Å². The monoisotopic (exact) mass is 480 g/mol. The third-order valence-electron chi connectivity index (χ3n) is 6.61. The highest BCUT2D eigenvalue weighted by Crippen LogP contribution is 2.29. The van der Waals surface area contributed by atoms with Crippen molar-refractivity contribution in [2.24, 2.45) is 0 Å². The summed E-state index contributed by atoms with van der Waals surface area (Å²) >= 11 is 0. The van der Waals surface area contributed by atoms with Crippen LogP contribution in [0.15, 0.2) is 60.2 Å². The topological polar surface area (TPSA) is 100 Å². The number of hydrogen-bond donors (Lipinski definition) is 3. The van der Waals surface area contributed by atoms with Crippen molar-refractivity contribution in [2.75, 3.05) is 17.7 Å². The molecule has 8 heteroatoms. The first-order chi connectivity index (χ1) is 17.3. The van der Waals surface area contributed by atoms with Gasteiger partial charge in [0.05, 0.1) is 17.4 Å². The van der Waals surface area contributed by atoms with Gasteiger partial charge < -0.3 is 16.0 Å². The molecule has 4 aromatic rings. The molecule has 8 nitrogen and oxygen atoms in total. The standard InChI is InChI=1S/C28H28N6O2/c1-16-18(3)34-23(10-7-11-26(34)30-16)21-14-24(32-27(35)17(2)29-4)31-25(15-21)33-28(36)22-12-19-8-5-6-9-20(19)13-22/h5-12,14-15,17,29H,13H2,1-4H3,(H2,31,32,33,35,36). The molecule has 3 aromatic heterocycles. The molecule has 0 bridgehead atoms. The number of benzene rings is 1. The third-order valence-corrected chi connectivity index (χ3v) is 6.61. The molecule has 0 saturated heterocycles. The van der Waals surface area contributed by atoms with Crippen LogP contribution in [0, 0.1) is 13.8 Å². The lowest BCUT2D eigenvalue weighted by molar-refractivity contribution is -0.117. The van der Waals surface area contributed by atoms with Crippen molar-refractivity contribution in [3.8, 4) is 11.3 Å². The van der Waals surface area contributed by atoms with Crippen molar-refractivity contribution < 1.29 is 9.59 Å². The number of fused-ring (bicyclic) bond motifs is 2. The Bertz CT molecular complexity index is 1530. The summed E-state index contributed by atoms with van der Waals surface area (Å²) < 4.78 is 2.06. The average molecular weight is 481 g/mol. The van der Waals surface area contributed by atoms with E-state index in [0.717, 1.165) is 39.4 Å². The molecule has 1 unspecified atom stereocenters. The number of carbonyl (C=O) groups is 2. The predicted octanol–water partition coefficient (Wildman–Crippen LogP) is 4.14. The van der Waals surface area contributed by atoms with Gasteiger partial charge in [0.2, 0.25) is 5.91 Å². The predicted molar refractivity (Wildman–Crippen MR) is 142 cm³/mol. The number of likely N-dealkylation sites (N-methyl/N-ethyl adjacent to an activating group) is 1. The van der Waals surface area contributed by atoms with Gasteiger partial charge >= 0.3 is 0 Å². The molecule has 0 radical (unpaired) electrons. The maximum absolute atomic E-state index is 13.2. The van der Waals surface area contributed by atoms with Gasteiger partial charge in [-0.15, -0.1) is 0 Å². The molecular formula is C28H28N6O2. The zero-order valence-corrected chi connectivity index (χ0v) is 20.7. The van der Waals surface area contributed by atoms with E-state index in [9.17, 15) is 9.59 Å². The highest BCUT2D eigenvalue weighted by atomic mass is 16.2. The maximum Gasteiger partial charge on any atom is 0.253 e. The lowest BCUT2D eigenvalue weighted by Crippen LogP contribution is -2.35. The second-order valence-electron chi connectivity index (χ2n) is 9.01. The Morgan fingerprint density at radius 2 is 1.72 bits per heavy atom. The number of aromatic nitrogens is 3. The van der Waals surface area contributed by atoms with E-state index in [1.807, 2.05) is 74.5 Å². The fourth-order valence-electron chi connectivity index (χ4n) is 4.37. The van der Waals surface area contributed by atoms with Crippen LogP contribution in [0.5, 0.6) is 0 Å². The minimum Gasteiger partial charge on any atom is -0.309 e. The van der Waals surface area contributed by atoms with E-state index in [-0.39, 0.29) is 11.8 Å². The number of amides is 2. The normalized spacial score (nSPS) is 13.3. The summed E-state index contributed by atoms with van der Waals surface area (Å²) in [7, 11) is 1.72. The van der Waals surface area contributed by atoms with E-state index in [4.69, 9.17) is 0 Å². The van der Waals surface area contributed by atoms with E-state index in [2.05, 4.69) is 30.3 Å². The zero-order valence-electron chi connectivity index (χ0n) is 20.7. The van der Waals surface area contributed by atoms with Crippen molar-refractivity contribution in [3.63, 3.8) is 0 Å². The minimum atomic E-state index is -0.405. The SMILES string of the molecule is CNC(C)C(=O)Nc1cc(-c2cccc3nc(C)c(C)n23)cc(NC(=O)C2=Cc3ccccc3C2)n1. The first kappa shape index (κ1) is 23.4. The van der Waals surface area contributed by atoms with Gasteiger partial charge in [0.1, 0.15) is 17.3 Å². The van der Waals surface area contributed by atoms with Crippen LogP contribution in [0.25, 0.3) is 23.0 Å². The molecule has 5 rings (SSSR count). The molecule has 1 aromatic carbocycles. The number of rotatable bonds is 6. The van der Waals surface area contributed by atoms with Crippen LogP contribution in [-0.2, 0) is 16.0 Å². The number of imidazole rings is 1. The smallest absolute Gasteiger partial charge is 0.253 e. The van der Waals surface area contributed by atoms with E-state index < -0.39 is 6.04 Å². The number of aryl methyl sites for hydroxylation is 2. The molecule has 0 saturated carbocycles. The van der Waals surface area contributed by atoms with Gasteiger partial charge in [-0.25, -0.2) is 9.97 Å². The Morgan fingerprint density at radius 1 is 0.972 bits per heavy atom. The molecule has 2 amide bonds. The van der Waals surface area contributed by atoms with Crippen LogP contribution in [0.2, 0.25) is 0 Å². The zero-order chi connectivity index (χ0) is 25.4. The summed E-state index contributed by atoms with van der Waals surface area (Å²) in [6, 6.07) is 17.1. The molecule has 0 aliphatic heterocycles. The van der Waals surface area contributed by atoms with Crippen molar-refractivity contribution in [2.45, 2.75) is 33.2 Å². The molecule has 3 heterocycles. The Hall–Kier alpha value is -4.30. The van der Waals surface area contributed by atoms with E-state index in [0.29, 0.717) is 23.6 Å². The number of carbonyl (C=O) groups excluding carboxylic acids is 2. The molecule has 3 N–H and O–H groups in total. The first-order valence-corrected chi connectivity index (χ1v) is 11.9. The third kappa shape index (κ3) is 4.38. The van der Waals surface area contributed by atoms with Crippen LogP contribution < -0.4 is 16.0 Å². The fourth-order valence-corrected chi connectivity index (χ4v) is 4.37. The van der Waals surface area contributed by atoms with Gasteiger partial charge in [-0.3, -0.25) is 14.0 Å². The molecule has 0 fully saturated rings. The Kier molecular flexibility index (Phi) is 6.12. The lowest BCUT2D eigenvalue weighted by Gasteiger charge is -2.15. The summed E-state index contributed by atoms with van der Waals surface area (Å²) in [4.78, 5) is 34.9. The minimum absolute atomic E-state index is 0.218. The second kappa shape index (κ2) is 9.39. The van der Waals surface area contributed by atoms with Gasteiger partial charge in [0.15, 0.2) is 0 Å². The van der Waals surface area contributed by atoms with E-state index >= 15 is 0 Å². The first-order valence-electron chi connectivity index (χ1n) is 11.9. The molecule has 1 aliphatic rings. The highest BCUT2D eigenvalue weighted by Gasteiger charge is 2.20. The van der Waals surface area contributed by atoms with Crippen molar-refractivity contribution >= 4 is 35.2 Å². The summed E-state index contributed by atoms with van der Waals surface area (Å²) in [5, 5.41) is 8.74. The summed E-state index contributed by atoms with van der Waals surface area (Å²) in [5.41, 5.74) is 7.30. The molecule has 36 heavy (non-hydrogen) atoms. The van der Waals surface area contributed by atoms with Crippen molar-refractivity contribution in [1.82, 2.24) is 19.7 Å². The molecular weight excluding hydrogens is 452 g/mol. The van der Waals surface area contributed by atoms with Crippen LogP contribution in [0.4, 0.5) is 11.6 Å². The molecule has 1 atom stereocenters. The second-order valence-corrected chi connectivity index (χ2v) is 9.01. The number of hydrogen-bond acceptors (Lipinski definition) is 5. The quantitative estimate of drug-likeness (QED) is 0.385. The Morgan fingerprint density at radius 3 is 2.47 bits per heavy atom. The molecule has 0 spiro atoms. The van der Waals surface area contributed by atoms with Gasteiger partial charge in [-0.05, 0) is 69.3 Å². The Balaban J connectivity index is 1.53. The van der Waals surface area contributed by atoms with Crippen LogP contribution in [0.1, 0.15) is 29.4 Å². The Labute approximate surface area is 209 Å². The number of nitrogens with one attached hydrogen (secondary N) is 3. The lowest BCUT2D eigenvalue weighted by atomic mass is 10.1. The molecule has 1 aliphatic carbocycles. The largest absolute Gasteiger partial charge is 0.309 e. The number of pyridine rings is 2. The summed E-state index contributed by atoms with van der Waals surface area (Å²) in [5.74, 6) is 0.268. The van der Waals surface area contributed by atoms with Gasteiger partial charge in [-0.2, -0.15) is 0 Å². The fraction of sp³-hybridized carbons (Fsp3) is 0.214. The van der Waals surface area contributed by atoms with Crippen LogP contribution in [0.3, 0.4) is 0 Å². The average Bonchev–Trinajstić information content (AvgIpc) is 3.44. The summed E-state index contributed by atoms with van der Waals surface area (Å²) in [6.07, 6.45) is 2.47. The maximum atomic E-state index is 13.2. The molecule has 182 valence electrons. The number of anilines is 2. The summed E-state index contributed by atoms with van der Waals surface area (Å²) in [6.45, 7) is 5.76. The van der Waals surface area contributed by atoms with Crippen molar-refractivity contribution in [3.05, 3.63) is 82.7 Å². The van der Waals surface area contributed by atoms with E-state index in [1.165, 1.54) is 0 Å². The van der Waals surface area contributed by atoms with Crippen molar-refractivity contribution in [1.29, 1.82) is 0 Å². The van der Waals surface area contributed by atoms with Crippen LogP contribution >= 0.6 is 0 Å². The van der Waals surface area contributed by atoms with Gasteiger partial charge in [-0.1, -0.05) is 30.3 Å². The van der Waals surface area contributed by atoms with Crippen LogP contribution in [-0.4, -0.2) is 39.3 Å².